The van der Waals surface area contributed by atoms with Crippen molar-refractivity contribution in [2.75, 3.05) is 11.5 Å². The van der Waals surface area contributed by atoms with Gasteiger partial charge in [-0.25, -0.2) is 0 Å². The lowest BCUT2D eigenvalue weighted by Crippen LogP contribution is -2.51. The number of rotatable bonds is 4. The van der Waals surface area contributed by atoms with Gasteiger partial charge in [0.1, 0.15) is 0 Å². The lowest BCUT2D eigenvalue weighted by Gasteiger charge is -2.38. The quantitative estimate of drug-likeness (QED) is 0.754. The highest BCUT2D eigenvalue weighted by Crippen LogP contribution is 2.45. The number of aliphatic hydroxyl groups is 1. The van der Waals surface area contributed by atoms with Gasteiger partial charge in [0.25, 0.3) is 0 Å². The summed E-state index contributed by atoms with van der Waals surface area (Å²) in [5.74, 6) is 0.545. The molecular formula is C10H18O3S. The largest absolute Gasteiger partial charge is 0.481 e. The fourth-order valence-corrected chi connectivity index (χ4v) is 3.45. The Bertz CT molecular complexity index is 223. The van der Waals surface area contributed by atoms with Crippen LogP contribution in [0.15, 0.2) is 0 Å². The molecule has 0 aliphatic carbocycles. The molecule has 1 aliphatic heterocycles. The van der Waals surface area contributed by atoms with E-state index in [0.717, 1.165) is 12.2 Å². The molecule has 4 heteroatoms. The number of hydrogen-bond donors (Lipinski definition) is 2. The van der Waals surface area contributed by atoms with Gasteiger partial charge in [-0.3, -0.25) is 4.79 Å². The maximum Gasteiger partial charge on any atom is 0.312 e. The highest BCUT2D eigenvalue weighted by Gasteiger charge is 2.53. The number of carbonyl (C=O) groups is 1. The lowest BCUT2D eigenvalue weighted by molar-refractivity contribution is -0.165. The third kappa shape index (κ3) is 1.77. The van der Waals surface area contributed by atoms with Crippen molar-refractivity contribution in [2.24, 2.45) is 5.41 Å². The monoisotopic (exact) mass is 218 g/mol. The Morgan fingerprint density at radius 2 is 2.29 bits per heavy atom. The molecule has 0 radical (unpaired) electrons. The first-order chi connectivity index (χ1) is 6.46. The molecule has 2 N–H and O–H groups in total. The Morgan fingerprint density at radius 1 is 1.64 bits per heavy atom. The van der Waals surface area contributed by atoms with Crippen LogP contribution in [-0.4, -0.2) is 33.3 Å². The Morgan fingerprint density at radius 3 is 2.64 bits per heavy atom. The molecule has 0 amide bonds. The standard InChI is InChI=1S/C10H18O3S/c1-3-4-9(2,8(11)12)10(13)5-6-14-7-10/h13H,3-7H2,1-2H3,(H,11,12). The van der Waals surface area contributed by atoms with Crippen LogP contribution in [0, 0.1) is 5.41 Å². The van der Waals surface area contributed by atoms with Crippen LogP contribution in [0.1, 0.15) is 33.1 Å². The van der Waals surface area contributed by atoms with Crippen molar-refractivity contribution in [2.45, 2.75) is 38.7 Å². The summed E-state index contributed by atoms with van der Waals surface area (Å²) >= 11 is 1.64. The molecule has 0 aromatic carbocycles. The zero-order valence-corrected chi connectivity index (χ0v) is 9.56. The second-order valence-electron chi connectivity index (χ2n) is 4.22. The van der Waals surface area contributed by atoms with E-state index in [4.69, 9.17) is 0 Å². The molecule has 0 aromatic rings. The van der Waals surface area contributed by atoms with Crippen molar-refractivity contribution in [3.05, 3.63) is 0 Å². The summed E-state index contributed by atoms with van der Waals surface area (Å²) in [4.78, 5) is 11.2. The first-order valence-electron chi connectivity index (χ1n) is 5.00. The highest BCUT2D eigenvalue weighted by atomic mass is 32.2. The summed E-state index contributed by atoms with van der Waals surface area (Å²) in [5, 5.41) is 19.5. The van der Waals surface area contributed by atoms with E-state index in [9.17, 15) is 15.0 Å². The van der Waals surface area contributed by atoms with E-state index >= 15 is 0 Å². The van der Waals surface area contributed by atoms with Gasteiger partial charge in [0.05, 0.1) is 11.0 Å². The van der Waals surface area contributed by atoms with Gasteiger partial charge in [0.15, 0.2) is 0 Å². The number of thioether (sulfide) groups is 1. The Kier molecular flexibility index (Phi) is 3.48. The molecule has 0 aromatic heterocycles. The van der Waals surface area contributed by atoms with Gasteiger partial charge < -0.3 is 10.2 Å². The molecule has 2 unspecified atom stereocenters. The molecule has 82 valence electrons. The van der Waals surface area contributed by atoms with Crippen LogP contribution in [0.25, 0.3) is 0 Å². The van der Waals surface area contributed by atoms with Crippen LogP contribution in [-0.2, 0) is 4.79 Å². The molecule has 2 atom stereocenters. The van der Waals surface area contributed by atoms with Crippen molar-refractivity contribution >= 4 is 17.7 Å². The highest BCUT2D eigenvalue weighted by molar-refractivity contribution is 7.99. The summed E-state index contributed by atoms with van der Waals surface area (Å²) in [6.45, 7) is 3.62. The first-order valence-corrected chi connectivity index (χ1v) is 6.15. The second-order valence-corrected chi connectivity index (χ2v) is 5.33. The summed E-state index contributed by atoms with van der Waals surface area (Å²) in [5.41, 5.74) is -2.00. The van der Waals surface area contributed by atoms with Gasteiger partial charge in [-0.15, -0.1) is 0 Å². The lowest BCUT2D eigenvalue weighted by atomic mass is 9.70. The Balaban J connectivity index is 2.91. The molecule has 0 bridgehead atoms. The molecule has 1 rings (SSSR count). The van der Waals surface area contributed by atoms with Crippen molar-refractivity contribution in [1.82, 2.24) is 0 Å². The van der Waals surface area contributed by atoms with E-state index in [0.29, 0.717) is 18.6 Å². The first kappa shape index (κ1) is 11.9. The molecule has 1 heterocycles. The topological polar surface area (TPSA) is 57.5 Å². The summed E-state index contributed by atoms with van der Waals surface area (Å²) in [7, 11) is 0. The third-order valence-corrected chi connectivity index (χ3v) is 4.42. The van der Waals surface area contributed by atoms with Crippen LogP contribution in [0.3, 0.4) is 0 Å². The fourth-order valence-electron chi connectivity index (χ4n) is 2.03. The van der Waals surface area contributed by atoms with Crippen LogP contribution < -0.4 is 0 Å². The fraction of sp³-hybridized carbons (Fsp3) is 0.900. The average molecular weight is 218 g/mol. The third-order valence-electron chi connectivity index (χ3n) is 3.25. The van der Waals surface area contributed by atoms with Crippen LogP contribution in [0.5, 0.6) is 0 Å². The molecule has 14 heavy (non-hydrogen) atoms. The molecule has 0 spiro atoms. The van der Waals surface area contributed by atoms with Crippen molar-refractivity contribution in [3.63, 3.8) is 0 Å². The minimum absolute atomic E-state index is 0.541. The minimum atomic E-state index is -1.01. The summed E-state index contributed by atoms with van der Waals surface area (Å²) in [6, 6.07) is 0. The van der Waals surface area contributed by atoms with Crippen LogP contribution in [0.2, 0.25) is 0 Å². The number of carboxylic acids is 1. The Hall–Kier alpha value is -0.220. The van der Waals surface area contributed by atoms with Gasteiger partial charge in [-0.05, 0) is 25.5 Å². The number of hydrogen-bond acceptors (Lipinski definition) is 3. The van der Waals surface area contributed by atoms with Crippen molar-refractivity contribution in [1.29, 1.82) is 0 Å². The van der Waals surface area contributed by atoms with E-state index in [1.54, 1.807) is 18.7 Å². The van der Waals surface area contributed by atoms with Crippen molar-refractivity contribution < 1.29 is 15.0 Å². The summed E-state index contributed by atoms with van der Waals surface area (Å²) in [6.07, 6.45) is 1.93. The van der Waals surface area contributed by atoms with E-state index < -0.39 is 17.0 Å². The maximum atomic E-state index is 11.2. The SMILES string of the molecule is CCCC(C)(C(=O)O)C1(O)CCSC1. The Labute approximate surface area is 88.9 Å². The normalized spacial score (nSPS) is 31.4. The van der Waals surface area contributed by atoms with E-state index in [-0.39, 0.29) is 0 Å². The van der Waals surface area contributed by atoms with E-state index in [2.05, 4.69) is 0 Å². The molecule has 0 saturated carbocycles. The van der Waals surface area contributed by atoms with E-state index in [1.165, 1.54) is 0 Å². The molecule has 1 fully saturated rings. The molecular weight excluding hydrogens is 200 g/mol. The molecule has 1 aliphatic rings. The molecule has 1 saturated heterocycles. The minimum Gasteiger partial charge on any atom is -0.481 e. The number of carboxylic acid groups (broad SMARTS) is 1. The summed E-state index contributed by atoms with van der Waals surface area (Å²) < 4.78 is 0. The smallest absolute Gasteiger partial charge is 0.312 e. The van der Waals surface area contributed by atoms with Gasteiger partial charge >= 0.3 is 5.97 Å². The van der Waals surface area contributed by atoms with Gasteiger partial charge in [0, 0.05) is 5.75 Å². The predicted octanol–water partition coefficient (Wildman–Crippen LogP) is 1.75. The van der Waals surface area contributed by atoms with Crippen molar-refractivity contribution in [3.8, 4) is 0 Å². The molecule has 3 nitrogen and oxygen atoms in total. The average Bonchev–Trinajstić information content (AvgIpc) is 2.53. The van der Waals surface area contributed by atoms with Crippen LogP contribution in [0.4, 0.5) is 0 Å². The van der Waals surface area contributed by atoms with E-state index in [1.807, 2.05) is 6.92 Å². The van der Waals surface area contributed by atoms with Gasteiger partial charge in [0.2, 0.25) is 0 Å². The predicted molar refractivity (Wildman–Crippen MR) is 57.5 cm³/mol. The zero-order valence-electron chi connectivity index (χ0n) is 8.75. The maximum absolute atomic E-state index is 11.2. The van der Waals surface area contributed by atoms with Crippen LogP contribution >= 0.6 is 11.8 Å². The van der Waals surface area contributed by atoms with Gasteiger partial charge in [-0.2, -0.15) is 11.8 Å². The number of aliphatic carboxylic acids is 1. The van der Waals surface area contributed by atoms with Gasteiger partial charge in [-0.1, -0.05) is 13.3 Å². The zero-order chi connectivity index (χ0) is 10.8. The second kappa shape index (κ2) is 4.11.